The van der Waals surface area contributed by atoms with Gasteiger partial charge in [-0.05, 0) is 18.2 Å². The van der Waals surface area contributed by atoms with E-state index in [1.165, 1.54) is 22.5 Å². The lowest BCUT2D eigenvalue weighted by atomic mass is 10.3. The molecular formula is C11H14N3O5S2-. The summed E-state index contributed by atoms with van der Waals surface area (Å²) >= 11 is 0. The van der Waals surface area contributed by atoms with E-state index in [2.05, 4.69) is 9.97 Å². The molecule has 2 aromatic rings. The van der Waals surface area contributed by atoms with Gasteiger partial charge >= 0.3 is 0 Å². The third kappa shape index (κ3) is 2.93. The summed E-state index contributed by atoms with van der Waals surface area (Å²) in [5, 5.41) is -0.727. The maximum Gasteiger partial charge on any atom is 0.243 e. The van der Waals surface area contributed by atoms with Crippen LogP contribution >= 0.6 is 0 Å². The van der Waals surface area contributed by atoms with E-state index >= 15 is 0 Å². The highest BCUT2D eigenvalue weighted by Crippen LogP contribution is 2.21. The maximum atomic E-state index is 12.4. The van der Waals surface area contributed by atoms with Crippen LogP contribution in [0, 0.1) is 0 Å². The first-order chi connectivity index (χ1) is 9.70. The Morgan fingerprint density at radius 3 is 2.33 bits per heavy atom. The summed E-state index contributed by atoms with van der Waals surface area (Å²) in [4.78, 5) is 5.97. The highest BCUT2D eigenvalue weighted by Gasteiger charge is 2.22. The van der Waals surface area contributed by atoms with Crippen LogP contribution in [-0.4, -0.2) is 48.8 Å². The van der Waals surface area contributed by atoms with Gasteiger partial charge < -0.3 is 9.54 Å². The van der Waals surface area contributed by atoms with E-state index in [0.29, 0.717) is 13.1 Å². The summed E-state index contributed by atoms with van der Waals surface area (Å²) in [6.45, 7) is 4.08. The number of hydrogen-bond acceptors (Lipinski definition) is 6. The van der Waals surface area contributed by atoms with Crippen molar-refractivity contribution in [3.63, 3.8) is 0 Å². The first kappa shape index (κ1) is 15.9. The Kier molecular flexibility index (Phi) is 4.06. The fourth-order valence-electron chi connectivity index (χ4n) is 1.96. The summed E-state index contributed by atoms with van der Waals surface area (Å²) in [5.74, 6) is 0. The quantitative estimate of drug-likeness (QED) is 0.795. The number of imidazole rings is 1. The maximum absolute atomic E-state index is 12.4. The van der Waals surface area contributed by atoms with Crippen molar-refractivity contribution < 1.29 is 21.4 Å². The number of aromatic amines is 1. The molecule has 0 spiro atoms. The molecule has 2 rings (SSSR count). The van der Waals surface area contributed by atoms with Gasteiger partial charge in [-0.15, -0.1) is 0 Å². The van der Waals surface area contributed by atoms with Crippen LogP contribution < -0.4 is 0 Å². The third-order valence-corrected chi connectivity index (χ3v) is 5.72. The predicted molar refractivity (Wildman–Crippen MR) is 74.2 cm³/mol. The predicted octanol–water partition coefficient (Wildman–Crippen LogP) is 0.498. The Morgan fingerprint density at radius 2 is 1.81 bits per heavy atom. The summed E-state index contributed by atoms with van der Waals surface area (Å²) in [7, 11) is -8.38. The van der Waals surface area contributed by atoms with Gasteiger partial charge in [0.25, 0.3) is 0 Å². The molecule has 0 aliphatic heterocycles. The minimum Gasteiger partial charge on any atom is -0.742 e. The van der Waals surface area contributed by atoms with Crippen molar-refractivity contribution in [1.29, 1.82) is 0 Å². The van der Waals surface area contributed by atoms with E-state index in [-0.39, 0.29) is 15.9 Å². The van der Waals surface area contributed by atoms with Gasteiger partial charge in [0.05, 0.1) is 15.9 Å². The molecule has 1 N–H and O–H groups in total. The van der Waals surface area contributed by atoms with Crippen LogP contribution in [0.25, 0.3) is 11.0 Å². The lowest BCUT2D eigenvalue weighted by molar-refractivity contribution is 0.445. The fourth-order valence-corrected chi connectivity index (χ4v) is 3.89. The largest absolute Gasteiger partial charge is 0.742 e. The molecule has 8 nitrogen and oxygen atoms in total. The molecule has 1 aromatic heterocycles. The van der Waals surface area contributed by atoms with E-state index < -0.39 is 25.3 Å². The van der Waals surface area contributed by atoms with Gasteiger partial charge in [0.2, 0.25) is 15.2 Å². The molecule has 0 aliphatic rings. The minimum absolute atomic E-state index is 0.0113. The number of hydrogen-bond donors (Lipinski definition) is 1. The molecule has 0 fully saturated rings. The minimum atomic E-state index is -4.72. The molecule has 10 heteroatoms. The average Bonchev–Trinajstić information content (AvgIpc) is 2.82. The summed E-state index contributed by atoms with van der Waals surface area (Å²) in [6, 6.07) is 3.96. The van der Waals surface area contributed by atoms with Crippen LogP contribution in [0.1, 0.15) is 13.8 Å². The zero-order valence-electron chi connectivity index (χ0n) is 11.4. The Balaban J connectivity index is 2.58. The van der Waals surface area contributed by atoms with Crippen molar-refractivity contribution in [3.8, 4) is 0 Å². The van der Waals surface area contributed by atoms with E-state index in [0.717, 1.165) is 0 Å². The molecule has 0 saturated heterocycles. The standard InChI is InChI=1S/C11H15N3O5S2/c1-3-14(4-2)20(15,16)8-5-6-9-10(7-8)13-11(12-9)21(17,18)19/h5-7H,3-4H2,1-2H3,(H,12,13)(H,17,18,19)/p-1. The Hall–Kier alpha value is -1.49. The monoisotopic (exact) mass is 332 g/mol. The number of nitrogens with zero attached hydrogens (tertiary/aromatic N) is 2. The smallest absolute Gasteiger partial charge is 0.243 e. The van der Waals surface area contributed by atoms with Crippen molar-refractivity contribution in [2.24, 2.45) is 0 Å². The molecule has 0 amide bonds. The second-order valence-electron chi connectivity index (χ2n) is 4.26. The molecule has 0 bridgehead atoms. The van der Waals surface area contributed by atoms with Crippen LogP contribution in [0.5, 0.6) is 0 Å². The molecule has 1 heterocycles. The molecule has 116 valence electrons. The van der Waals surface area contributed by atoms with Crippen molar-refractivity contribution >= 4 is 31.2 Å². The van der Waals surface area contributed by atoms with Crippen LogP contribution in [0.15, 0.2) is 28.3 Å². The second kappa shape index (κ2) is 5.37. The summed E-state index contributed by atoms with van der Waals surface area (Å²) < 4.78 is 58.7. The van der Waals surface area contributed by atoms with Crippen molar-refractivity contribution in [3.05, 3.63) is 18.2 Å². The molecule has 1 aromatic carbocycles. The van der Waals surface area contributed by atoms with Crippen molar-refractivity contribution in [2.45, 2.75) is 23.9 Å². The molecule has 0 unspecified atom stereocenters. The van der Waals surface area contributed by atoms with E-state index in [1.54, 1.807) is 13.8 Å². The first-order valence-electron chi connectivity index (χ1n) is 6.16. The molecular weight excluding hydrogens is 318 g/mol. The molecule has 0 radical (unpaired) electrons. The topological polar surface area (TPSA) is 123 Å². The Morgan fingerprint density at radius 1 is 1.19 bits per heavy atom. The number of sulfonamides is 1. The number of rotatable bonds is 5. The average molecular weight is 332 g/mol. The van der Waals surface area contributed by atoms with Crippen LogP contribution in [0.4, 0.5) is 0 Å². The number of nitrogens with one attached hydrogen (secondary N) is 1. The van der Waals surface area contributed by atoms with Gasteiger partial charge in [0.1, 0.15) is 0 Å². The molecule has 0 aliphatic carbocycles. The van der Waals surface area contributed by atoms with Gasteiger partial charge in [-0.3, -0.25) is 0 Å². The van der Waals surface area contributed by atoms with Gasteiger partial charge in [-0.25, -0.2) is 21.8 Å². The second-order valence-corrected chi connectivity index (χ2v) is 7.50. The lowest BCUT2D eigenvalue weighted by Crippen LogP contribution is -2.30. The van der Waals surface area contributed by atoms with Crippen LogP contribution in [-0.2, 0) is 20.1 Å². The summed E-state index contributed by atoms with van der Waals surface area (Å²) in [6.07, 6.45) is 0. The zero-order valence-corrected chi connectivity index (χ0v) is 13.0. The number of H-pyrrole nitrogens is 1. The van der Waals surface area contributed by atoms with Crippen molar-refractivity contribution in [1.82, 2.24) is 14.3 Å². The van der Waals surface area contributed by atoms with E-state index in [4.69, 9.17) is 0 Å². The Bertz CT molecular complexity index is 866. The number of aromatic nitrogens is 2. The molecule has 0 saturated carbocycles. The number of benzene rings is 1. The Labute approximate surface area is 122 Å². The summed E-state index contributed by atoms with van der Waals surface area (Å²) in [5.41, 5.74) is 0.389. The van der Waals surface area contributed by atoms with Crippen LogP contribution in [0.2, 0.25) is 0 Å². The third-order valence-electron chi connectivity index (χ3n) is 3.01. The fraction of sp³-hybridized carbons (Fsp3) is 0.364. The highest BCUT2D eigenvalue weighted by molar-refractivity contribution is 7.89. The van der Waals surface area contributed by atoms with E-state index in [9.17, 15) is 21.4 Å². The highest BCUT2D eigenvalue weighted by atomic mass is 32.2. The lowest BCUT2D eigenvalue weighted by Gasteiger charge is -2.18. The first-order valence-corrected chi connectivity index (χ1v) is 9.00. The SMILES string of the molecule is CCN(CC)S(=O)(=O)c1ccc2nc(S(=O)(=O)[O-])[nH]c2c1. The number of fused-ring (bicyclic) bond motifs is 1. The van der Waals surface area contributed by atoms with Crippen molar-refractivity contribution in [2.75, 3.05) is 13.1 Å². The molecule has 21 heavy (non-hydrogen) atoms. The molecule has 0 atom stereocenters. The van der Waals surface area contributed by atoms with Gasteiger partial charge in [0.15, 0.2) is 10.1 Å². The van der Waals surface area contributed by atoms with Crippen LogP contribution in [0.3, 0.4) is 0 Å². The van der Waals surface area contributed by atoms with E-state index in [1.807, 2.05) is 0 Å². The normalized spacial score (nSPS) is 13.1. The zero-order chi connectivity index (χ0) is 15.8. The van der Waals surface area contributed by atoms with Gasteiger partial charge in [-0.2, -0.15) is 4.31 Å². The van der Waals surface area contributed by atoms with Gasteiger partial charge in [-0.1, -0.05) is 13.8 Å². The van der Waals surface area contributed by atoms with Gasteiger partial charge in [0, 0.05) is 13.1 Å².